The molecule has 132 valence electrons. The molecular weight excluding hydrogens is 300 g/mol. The smallest absolute Gasteiger partial charge is 0.227 e. The van der Waals surface area contributed by atoms with Crippen molar-refractivity contribution < 1.29 is 9.59 Å². The van der Waals surface area contributed by atoms with E-state index in [0.717, 1.165) is 49.0 Å². The van der Waals surface area contributed by atoms with Crippen LogP contribution in [0.4, 0.5) is 5.69 Å². The van der Waals surface area contributed by atoms with Crippen LogP contribution in [-0.4, -0.2) is 18.4 Å². The average Bonchev–Trinajstić information content (AvgIpc) is 2.56. The van der Waals surface area contributed by atoms with E-state index in [1.54, 1.807) is 0 Å². The minimum absolute atomic E-state index is 0.0122. The summed E-state index contributed by atoms with van der Waals surface area (Å²) in [6.45, 7) is 8.94. The fraction of sp³-hybridized carbons (Fsp3) is 0.600. The van der Waals surface area contributed by atoms with Crippen molar-refractivity contribution in [3.05, 3.63) is 29.3 Å². The van der Waals surface area contributed by atoms with Crippen molar-refractivity contribution in [2.24, 2.45) is 17.8 Å². The lowest BCUT2D eigenvalue weighted by Crippen LogP contribution is -2.37. The van der Waals surface area contributed by atoms with E-state index < -0.39 is 0 Å². The summed E-state index contributed by atoms with van der Waals surface area (Å²) in [6.07, 6.45) is 3.18. The molecule has 1 aliphatic carbocycles. The average molecular weight is 330 g/mol. The van der Waals surface area contributed by atoms with Crippen LogP contribution in [0.25, 0.3) is 0 Å². The van der Waals surface area contributed by atoms with Crippen LogP contribution in [0, 0.1) is 31.6 Å². The summed E-state index contributed by atoms with van der Waals surface area (Å²) < 4.78 is 0. The maximum absolute atomic E-state index is 12.6. The third kappa shape index (κ3) is 4.83. The molecule has 0 bridgehead atoms. The Morgan fingerprint density at radius 1 is 1.00 bits per heavy atom. The first-order chi connectivity index (χ1) is 11.4. The number of rotatable bonds is 5. The molecule has 24 heavy (non-hydrogen) atoms. The zero-order chi connectivity index (χ0) is 17.7. The van der Waals surface area contributed by atoms with Gasteiger partial charge in [0, 0.05) is 24.1 Å². The minimum atomic E-state index is 0.0122. The van der Waals surface area contributed by atoms with Gasteiger partial charge >= 0.3 is 0 Å². The molecule has 0 atom stereocenters. The van der Waals surface area contributed by atoms with Gasteiger partial charge in [0.25, 0.3) is 0 Å². The van der Waals surface area contributed by atoms with Gasteiger partial charge in [-0.25, -0.2) is 0 Å². The molecule has 0 unspecified atom stereocenters. The number of aryl methyl sites for hydroxylation is 2. The van der Waals surface area contributed by atoms with Crippen molar-refractivity contribution >= 4 is 17.5 Å². The maximum Gasteiger partial charge on any atom is 0.227 e. The van der Waals surface area contributed by atoms with Crippen LogP contribution in [0.1, 0.15) is 50.7 Å². The van der Waals surface area contributed by atoms with Crippen molar-refractivity contribution in [3.8, 4) is 0 Å². The van der Waals surface area contributed by atoms with Crippen molar-refractivity contribution in [2.45, 2.75) is 53.4 Å². The molecule has 1 aromatic carbocycles. The van der Waals surface area contributed by atoms with E-state index in [9.17, 15) is 9.59 Å². The van der Waals surface area contributed by atoms with Crippen molar-refractivity contribution in [3.63, 3.8) is 0 Å². The fourth-order valence-corrected chi connectivity index (χ4v) is 3.30. The van der Waals surface area contributed by atoms with E-state index in [0.29, 0.717) is 5.92 Å². The Labute approximate surface area is 145 Å². The molecule has 0 radical (unpaired) electrons. The highest BCUT2D eigenvalue weighted by Crippen LogP contribution is 2.30. The van der Waals surface area contributed by atoms with Crippen LogP contribution < -0.4 is 10.6 Å². The Balaban J connectivity index is 1.86. The number of carbonyl (C=O) groups excluding carboxylic acids is 2. The molecule has 4 heteroatoms. The number of amides is 2. The normalized spacial score (nSPS) is 20.7. The van der Waals surface area contributed by atoms with E-state index in [-0.39, 0.29) is 23.7 Å². The van der Waals surface area contributed by atoms with Gasteiger partial charge in [0.05, 0.1) is 0 Å². The Morgan fingerprint density at radius 3 is 2.00 bits per heavy atom. The van der Waals surface area contributed by atoms with Gasteiger partial charge in [-0.05, 0) is 56.6 Å². The number of para-hydroxylation sites is 1. The molecule has 1 saturated carbocycles. The van der Waals surface area contributed by atoms with Crippen LogP contribution in [0.2, 0.25) is 0 Å². The largest absolute Gasteiger partial charge is 0.356 e. The van der Waals surface area contributed by atoms with Crippen molar-refractivity contribution in [1.82, 2.24) is 5.32 Å². The Kier molecular flexibility index (Phi) is 6.41. The maximum atomic E-state index is 12.6. The minimum Gasteiger partial charge on any atom is -0.356 e. The van der Waals surface area contributed by atoms with Gasteiger partial charge in [0.1, 0.15) is 0 Å². The number of anilines is 1. The fourth-order valence-electron chi connectivity index (χ4n) is 3.30. The summed E-state index contributed by atoms with van der Waals surface area (Å²) in [5.41, 5.74) is 3.11. The molecule has 1 aromatic rings. The lowest BCUT2D eigenvalue weighted by molar-refractivity contribution is -0.128. The first-order valence-electron chi connectivity index (χ1n) is 9.03. The van der Waals surface area contributed by atoms with E-state index in [1.165, 1.54) is 0 Å². The quantitative estimate of drug-likeness (QED) is 0.862. The van der Waals surface area contributed by atoms with E-state index >= 15 is 0 Å². The summed E-state index contributed by atoms with van der Waals surface area (Å²) in [6, 6.07) is 6.03. The van der Waals surface area contributed by atoms with Crippen LogP contribution in [0.5, 0.6) is 0 Å². The molecule has 2 rings (SSSR count). The predicted molar refractivity (Wildman–Crippen MR) is 97.8 cm³/mol. The van der Waals surface area contributed by atoms with Gasteiger partial charge in [-0.2, -0.15) is 0 Å². The van der Waals surface area contributed by atoms with E-state index in [2.05, 4.69) is 24.5 Å². The zero-order valence-corrected chi connectivity index (χ0v) is 15.3. The molecule has 0 saturated heterocycles. The standard InChI is InChI=1S/C20H30N2O2/c1-13(2)12-21-19(23)16-8-10-17(11-9-16)20(24)22-18-14(3)6-5-7-15(18)4/h5-7,13,16-17H,8-12H2,1-4H3,(H,21,23)(H,22,24). The highest BCUT2D eigenvalue weighted by molar-refractivity contribution is 5.94. The summed E-state index contributed by atoms with van der Waals surface area (Å²) in [5.74, 6) is 0.783. The molecule has 0 aliphatic heterocycles. The van der Waals surface area contributed by atoms with Crippen LogP contribution in [0.3, 0.4) is 0 Å². The topological polar surface area (TPSA) is 58.2 Å². The molecule has 0 spiro atoms. The monoisotopic (exact) mass is 330 g/mol. The van der Waals surface area contributed by atoms with E-state index in [4.69, 9.17) is 0 Å². The SMILES string of the molecule is Cc1cccc(C)c1NC(=O)C1CCC(C(=O)NCC(C)C)CC1. The highest BCUT2D eigenvalue weighted by atomic mass is 16.2. The Hall–Kier alpha value is -1.84. The van der Waals surface area contributed by atoms with Gasteiger partial charge < -0.3 is 10.6 Å². The number of carbonyl (C=O) groups is 2. The van der Waals surface area contributed by atoms with Crippen molar-refractivity contribution in [1.29, 1.82) is 0 Å². The molecule has 1 aliphatic rings. The zero-order valence-electron chi connectivity index (χ0n) is 15.3. The number of benzene rings is 1. The second-order valence-electron chi connectivity index (χ2n) is 7.44. The molecule has 0 aromatic heterocycles. The van der Waals surface area contributed by atoms with Crippen LogP contribution in [0.15, 0.2) is 18.2 Å². The van der Waals surface area contributed by atoms with Crippen LogP contribution >= 0.6 is 0 Å². The Bertz CT molecular complexity index is 567. The lowest BCUT2D eigenvalue weighted by atomic mass is 9.81. The molecule has 2 amide bonds. The summed E-state index contributed by atoms with van der Waals surface area (Å²) in [5, 5.41) is 6.10. The third-order valence-corrected chi connectivity index (χ3v) is 4.88. The molecule has 0 heterocycles. The molecule has 2 N–H and O–H groups in total. The highest BCUT2D eigenvalue weighted by Gasteiger charge is 2.30. The lowest BCUT2D eigenvalue weighted by Gasteiger charge is -2.27. The number of hydrogen-bond donors (Lipinski definition) is 2. The summed E-state index contributed by atoms with van der Waals surface area (Å²) in [4.78, 5) is 24.7. The molecule has 1 fully saturated rings. The van der Waals surface area contributed by atoms with Crippen molar-refractivity contribution in [2.75, 3.05) is 11.9 Å². The van der Waals surface area contributed by atoms with E-state index in [1.807, 2.05) is 32.0 Å². The van der Waals surface area contributed by atoms with Crippen LogP contribution in [-0.2, 0) is 9.59 Å². The number of hydrogen-bond acceptors (Lipinski definition) is 2. The van der Waals surface area contributed by atoms with Gasteiger partial charge in [-0.3, -0.25) is 9.59 Å². The second kappa shape index (κ2) is 8.32. The molecular formula is C20H30N2O2. The van der Waals surface area contributed by atoms with Gasteiger partial charge in [0.2, 0.25) is 11.8 Å². The second-order valence-corrected chi connectivity index (χ2v) is 7.44. The van der Waals surface area contributed by atoms with Gasteiger partial charge in [0.15, 0.2) is 0 Å². The van der Waals surface area contributed by atoms with Gasteiger partial charge in [-0.15, -0.1) is 0 Å². The number of nitrogens with one attached hydrogen (secondary N) is 2. The predicted octanol–water partition coefficient (Wildman–Crippen LogP) is 3.82. The summed E-state index contributed by atoms with van der Waals surface area (Å²) in [7, 11) is 0. The molecule has 4 nitrogen and oxygen atoms in total. The first kappa shape index (κ1) is 18.5. The first-order valence-corrected chi connectivity index (χ1v) is 9.03. The van der Waals surface area contributed by atoms with Gasteiger partial charge in [-0.1, -0.05) is 32.0 Å². The Morgan fingerprint density at radius 2 is 1.50 bits per heavy atom. The third-order valence-electron chi connectivity index (χ3n) is 4.88. The summed E-state index contributed by atoms with van der Waals surface area (Å²) >= 11 is 0.